The van der Waals surface area contributed by atoms with E-state index in [1.165, 1.54) is 12.1 Å². The molecule has 1 aliphatic heterocycles. The van der Waals surface area contributed by atoms with Gasteiger partial charge in [-0.15, -0.1) is 0 Å². The van der Waals surface area contributed by atoms with Gasteiger partial charge in [-0.1, -0.05) is 30.3 Å². The zero-order valence-corrected chi connectivity index (χ0v) is 7.43. The van der Waals surface area contributed by atoms with E-state index in [1.54, 1.807) is 18.2 Å². The summed E-state index contributed by atoms with van der Waals surface area (Å²) in [5.74, 6) is 0. The van der Waals surface area contributed by atoms with E-state index in [-0.39, 0.29) is 6.42 Å². The highest BCUT2D eigenvalue weighted by Gasteiger charge is 2.59. The summed E-state index contributed by atoms with van der Waals surface area (Å²) in [6, 6.07) is 8.00. The molecule has 1 aliphatic rings. The van der Waals surface area contributed by atoms with Gasteiger partial charge in [-0.05, 0) is 18.5 Å². The van der Waals surface area contributed by atoms with Crippen molar-refractivity contribution in [2.24, 2.45) is 0 Å². The van der Waals surface area contributed by atoms with Crippen LogP contribution in [0.5, 0.6) is 0 Å². The molecular formula is C10H10F3N. The zero-order valence-electron chi connectivity index (χ0n) is 7.43. The van der Waals surface area contributed by atoms with Crippen LogP contribution in [0.15, 0.2) is 30.3 Å². The average Bonchev–Trinajstić information content (AvgIpc) is 2.01. The third-order valence-corrected chi connectivity index (χ3v) is 2.68. The molecule has 1 nitrogen and oxygen atoms in total. The van der Waals surface area contributed by atoms with E-state index >= 15 is 0 Å². The first-order chi connectivity index (χ1) is 6.56. The van der Waals surface area contributed by atoms with Crippen LogP contribution in [-0.2, 0) is 5.54 Å². The molecule has 1 fully saturated rings. The minimum atomic E-state index is -4.22. The summed E-state index contributed by atoms with van der Waals surface area (Å²) in [4.78, 5) is 0. The van der Waals surface area contributed by atoms with Gasteiger partial charge in [0.1, 0.15) is 5.54 Å². The molecule has 0 saturated carbocycles. The highest BCUT2D eigenvalue weighted by atomic mass is 19.4. The maximum Gasteiger partial charge on any atom is 0.410 e. The lowest BCUT2D eigenvalue weighted by Gasteiger charge is -2.44. The van der Waals surface area contributed by atoms with Crippen LogP contribution in [0.2, 0.25) is 0 Å². The summed E-state index contributed by atoms with van der Waals surface area (Å²) in [6.07, 6.45) is -4.09. The van der Waals surface area contributed by atoms with E-state index in [1.807, 2.05) is 0 Å². The lowest BCUT2D eigenvalue weighted by atomic mass is 9.80. The number of rotatable bonds is 1. The third-order valence-electron chi connectivity index (χ3n) is 2.68. The van der Waals surface area contributed by atoms with Gasteiger partial charge in [0.25, 0.3) is 0 Å². The SMILES string of the molecule is FC(F)(F)C1(c2ccccc2)CCN1. The second-order valence-corrected chi connectivity index (χ2v) is 3.45. The van der Waals surface area contributed by atoms with Gasteiger partial charge in [0.15, 0.2) is 0 Å². The van der Waals surface area contributed by atoms with Gasteiger partial charge in [0, 0.05) is 0 Å². The van der Waals surface area contributed by atoms with E-state index in [2.05, 4.69) is 5.32 Å². The van der Waals surface area contributed by atoms with Crippen LogP contribution in [0.3, 0.4) is 0 Å². The number of alkyl halides is 3. The Labute approximate surface area is 79.9 Å². The first kappa shape index (κ1) is 9.52. The van der Waals surface area contributed by atoms with Gasteiger partial charge in [0.2, 0.25) is 0 Å². The standard InChI is InChI=1S/C10H10F3N/c11-10(12,13)9(6-7-14-9)8-4-2-1-3-5-8/h1-5,14H,6-7H2. The van der Waals surface area contributed by atoms with Crippen molar-refractivity contribution in [2.45, 2.75) is 18.1 Å². The summed E-state index contributed by atoms with van der Waals surface area (Å²) in [6.45, 7) is 0.425. The van der Waals surface area contributed by atoms with E-state index in [4.69, 9.17) is 0 Å². The van der Waals surface area contributed by atoms with Crippen LogP contribution < -0.4 is 5.32 Å². The Morgan fingerprint density at radius 3 is 2.07 bits per heavy atom. The molecule has 1 atom stereocenters. The average molecular weight is 201 g/mol. The molecule has 1 N–H and O–H groups in total. The molecule has 1 heterocycles. The summed E-state index contributed by atoms with van der Waals surface area (Å²) in [5, 5.41) is 2.49. The maximum absolute atomic E-state index is 12.8. The predicted octanol–water partition coefficient (Wildman–Crippen LogP) is 2.44. The molecule has 0 bridgehead atoms. The Hall–Kier alpha value is -1.03. The zero-order chi connectivity index (χ0) is 10.2. The molecule has 1 unspecified atom stereocenters. The number of hydrogen-bond donors (Lipinski definition) is 1. The van der Waals surface area contributed by atoms with E-state index in [0.29, 0.717) is 12.1 Å². The highest BCUT2D eigenvalue weighted by molar-refractivity contribution is 5.29. The van der Waals surface area contributed by atoms with Gasteiger partial charge in [-0.3, -0.25) is 5.32 Å². The number of benzene rings is 1. The fourth-order valence-corrected chi connectivity index (χ4v) is 1.75. The molecule has 1 aromatic carbocycles. The maximum atomic E-state index is 12.8. The van der Waals surface area contributed by atoms with Crippen molar-refractivity contribution in [3.8, 4) is 0 Å². The lowest BCUT2D eigenvalue weighted by Crippen LogP contribution is -2.63. The Kier molecular flexibility index (Phi) is 2.03. The van der Waals surface area contributed by atoms with Crippen LogP contribution >= 0.6 is 0 Å². The Balaban J connectivity index is 2.39. The normalized spacial score (nSPS) is 27.1. The van der Waals surface area contributed by atoms with Crippen molar-refractivity contribution in [3.05, 3.63) is 35.9 Å². The van der Waals surface area contributed by atoms with E-state index in [0.717, 1.165) is 0 Å². The quantitative estimate of drug-likeness (QED) is 0.735. The highest BCUT2D eigenvalue weighted by Crippen LogP contribution is 2.45. The van der Waals surface area contributed by atoms with E-state index in [9.17, 15) is 13.2 Å². The molecule has 0 amide bonds. The fourth-order valence-electron chi connectivity index (χ4n) is 1.75. The van der Waals surface area contributed by atoms with Crippen molar-refractivity contribution in [3.63, 3.8) is 0 Å². The Bertz CT molecular complexity index is 314. The molecule has 0 aromatic heterocycles. The largest absolute Gasteiger partial charge is 0.410 e. The molecule has 76 valence electrons. The summed E-state index contributed by atoms with van der Waals surface area (Å²) in [7, 11) is 0. The third kappa shape index (κ3) is 1.21. The van der Waals surface area contributed by atoms with Crippen molar-refractivity contribution >= 4 is 0 Å². The minimum absolute atomic E-state index is 0.126. The molecule has 14 heavy (non-hydrogen) atoms. The molecule has 1 saturated heterocycles. The fraction of sp³-hybridized carbons (Fsp3) is 0.400. The first-order valence-electron chi connectivity index (χ1n) is 4.43. The van der Waals surface area contributed by atoms with Crippen LogP contribution in [0.4, 0.5) is 13.2 Å². The van der Waals surface area contributed by atoms with Gasteiger partial charge >= 0.3 is 6.18 Å². The van der Waals surface area contributed by atoms with Gasteiger partial charge in [-0.2, -0.15) is 13.2 Å². The molecule has 2 rings (SSSR count). The van der Waals surface area contributed by atoms with E-state index < -0.39 is 11.7 Å². The molecular weight excluding hydrogens is 191 g/mol. The van der Waals surface area contributed by atoms with Crippen molar-refractivity contribution in [1.29, 1.82) is 0 Å². The number of halogens is 3. The predicted molar refractivity (Wildman–Crippen MR) is 46.8 cm³/mol. The van der Waals surface area contributed by atoms with Crippen LogP contribution in [0.1, 0.15) is 12.0 Å². The Morgan fingerprint density at radius 2 is 1.71 bits per heavy atom. The number of nitrogens with one attached hydrogen (secondary N) is 1. The second kappa shape index (κ2) is 2.98. The summed E-state index contributed by atoms with van der Waals surface area (Å²) < 4.78 is 38.3. The van der Waals surface area contributed by atoms with Crippen LogP contribution in [-0.4, -0.2) is 12.7 Å². The monoisotopic (exact) mass is 201 g/mol. The second-order valence-electron chi connectivity index (χ2n) is 3.45. The lowest BCUT2D eigenvalue weighted by molar-refractivity contribution is -0.221. The number of hydrogen-bond acceptors (Lipinski definition) is 1. The van der Waals surface area contributed by atoms with Gasteiger partial charge in [-0.25, -0.2) is 0 Å². The van der Waals surface area contributed by atoms with Gasteiger partial charge in [0.05, 0.1) is 0 Å². The molecule has 0 spiro atoms. The van der Waals surface area contributed by atoms with Crippen molar-refractivity contribution in [2.75, 3.05) is 6.54 Å². The summed E-state index contributed by atoms with van der Waals surface area (Å²) >= 11 is 0. The minimum Gasteiger partial charge on any atom is -0.300 e. The van der Waals surface area contributed by atoms with Crippen LogP contribution in [0, 0.1) is 0 Å². The van der Waals surface area contributed by atoms with Gasteiger partial charge < -0.3 is 0 Å². The van der Waals surface area contributed by atoms with Crippen molar-refractivity contribution < 1.29 is 13.2 Å². The van der Waals surface area contributed by atoms with Crippen molar-refractivity contribution in [1.82, 2.24) is 5.32 Å². The smallest absolute Gasteiger partial charge is 0.300 e. The molecule has 0 aliphatic carbocycles. The topological polar surface area (TPSA) is 12.0 Å². The first-order valence-corrected chi connectivity index (χ1v) is 4.43. The van der Waals surface area contributed by atoms with Crippen LogP contribution in [0.25, 0.3) is 0 Å². The Morgan fingerprint density at radius 1 is 1.14 bits per heavy atom. The molecule has 1 aromatic rings. The summed E-state index contributed by atoms with van der Waals surface area (Å²) in [5.41, 5.74) is -1.49. The molecule has 0 radical (unpaired) electrons. The molecule has 4 heteroatoms.